The normalized spacial score (nSPS) is 18.1. The van der Waals surface area contributed by atoms with Crippen molar-refractivity contribution in [2.45, 2.75) is 58.5 Å². The lowest BCUT2D eigenvalue weighted by Gasteiger charge is -2.33. The molecule has 1 fully saturated rings. The number of nitrogens with one attached hydrogen (secondary N) is 2. The Morgan fingerprint density at radius 1 is 0.952 bits per heavy atom. The van der Waals surface area contributed by atoms with E-state index in [0.717, 1.165) is 76.7 Å². The Bertz CT molecular complexity index is 1670. The van der Waals surface area contributed by atoms with E-state index in [1.807, 2.05) is 7.05 Å². The Labute approximate surface area is 247 Å². The summed E-state index contributed by atoms with van der Waals surface area (Å²) in [6, 6.07) is 18.7. The van der Waals surface area contributed by atoms with Crippen LogP contribution in [-0.2, 0) is 6.42 Å². The lowest BCUT2D eigenvalue weighted by Crippen LogP contribution is -2.33. The zero-order valence-electron chi connectivity index (χ0n) is 25.0. The fourth-order valence-electron chi connectivity index (χ4n) is 6.85. The lowest BCUT2D eigenvalue weighted by molar-refractivity contribution is 0.295. The van der Waals surface area contributed by atoms with Crippen molar-refractivity contribution in [1.29, 1.82) is 0 Å². The molecule has 3 aromatic carbocycles. The van der Waals surface area contributed by atoms with Gasteiger partial charge in [-0.3, -0.25) is 0 Å². The summed E-state index contributed by atoms with van der Waals surface area (Å²) in [7, 11) is 1.90. The van der Waals surface area contributed by atoms with Gasteiger partial charge < -0.3 is 20.1 Å². The van der Waals surface area contributed by atoms with Gasteiger partial charge in [0.25, 0.3) is 0 Å². The molecule has 218 valence electrons. The summed E-state index contributed by atoms with van der Waals surface area (Å²) >= 11 is 0. The van der Waals surface area contributed by atoms with Crippen LogP contribution in [0.5, 0.6) is 0 Å². The van der Waals surface area contributed by atoms with E-state index < -0.39 is 11.6 Å². The highest BCUT2D eigenvalue weighted by Crippen LogP contribution is 2.43. The number of rotatable bonds is 7. The van der Waals surface area contributed by atoms with E-state index in [0.29, 0.717) is 12.0 Å². The van der Waals surface area contributed by atoms with Gasteiger partial charge >= 0.3 is 0 Å². The van der Waals surface area contributed by atoms with Crippen LogP contribution < -0.4 is 10.6 Å². The van der Waals surface area contributed by atoms with Gasteiger partial charge in [0.15, 0.2) is 0 Å². The summed E-state index contributed by atoms with van der Waals surface area (Å²) < 4.78 is 31.0. The van der Waals surface area contributed by atoms with E-state index in [2.05, 4.69) is 96.5 Å². The van der Waals surface area contributed by atoms with Gasteiger partial charge in [-0.15, -0.1) is 0 Å². The summed E-state index contributed by atoms with van der Waals surface area (Å²) in [5, 5.41) is 7.89. The second-order valence-electron chi connectivity index (χ2n) is 13.0. The highest BCUT2D eigenvalue weighted by molar-refractivity contribution is 5.91. The van der Waals surface area contributed by atoms with Crippen molar-refractivity contribution in [3.63, 3.8) is 0 Å². The van der Waals surface area contributed by atoms with Crippen LogP contribution in [0.15, 0.2) is 85.2 Å². The molecule has 2 unspecified atom stereocenters. The smallest absolute Gasteiger partial charge is 0.126 e. The van der Waals surface area contributed by atoms with E-state index in [1.54, 1.807) is 0 Å². The largest absolute Gasteiger partial charge is 0.388 e. The van der Waals surface area contributed by atoms with Crippen LogP contribution >= 0.6 is 0 Å². The summed E-state index contributed by atoms with van der Waals surface area (Å²) in [5.41, 5.74) is 9.29. The second kappa shape index (κ2) is 10.6. The molecule has 0 aliphatic carbocycles. The Kier molecular flexibility index (Phi) is 7.12. The first-order chi connectivity index (χ1) is 20.0. The minimum atomic E-state index is -0.561. The van der Waals surface area contributed by atoms with Crippen molar-refractivity contribution in [2.75, 3.05) is 24.2 Å². The van der Waals surface area contributed by atoms with E-state index >= 15 is 0 Å². The van der Waals surface area contributed by atoms with E-state index in [9.17, 15) is 8.78 Å². The van der Waals surface area contributed by atoms with Crippen LogP contribution in [-0.4, -0.2) is 29.1 Å². The first-order valence-electron chi connectivity index (χ1n) is 14.8. The first kappa shape index (κ1) is 28.1. The standard InChI is InChI=1S/C36H40F2N4/c1-22(21-36(3,4)5)41-13-7-8-32(41)23(2)40-30-10-12-33-26(17-30)19-35-31-11-9-29(39-6)16-24(31)18-34(42(33)35)25-14-27(37)20-28(38)15-25/h9-12,14-17,19-20,32,34,39-40H,1-2,7-8,13,18,21H2,3-6H3. The molecule has 2 atom stereocenters. The molecule has 1 saturated heterocycles. The van der Waals surface area contributed by atoms with Gasteiger partial charge in [0.1, 0.15) is 11.6 Å². The molecule has 0 radical (unpaired) electrons. The molecule has 4 aromatic rings. The number of benzene rings is 3. The third-order valence-electron chi connectivity index (χ3n) is 8.60. The van der Waals surface area contributed by atoms with Crippen molar-refractivity contribution < 1.29 is 8.78 Å². The van der Waals surface area contributed by atoms with Crippen molar-refractivity contribution in [3.8, 4) is 11.3 Å². The number of hydrogen-bond acceptors (Lipinski definition) is 3. The Balaban J connectivity index is 1.35. The molecule has 42 heavy (non-hydrogen) atoms. The van der Waals surface area contributed by atoms with Gasteiger partial charge in [0, 0.05) is 64.6 Å². The van der Waals surface area contributed by atoms with E-state index in [-0.39, 0.29) is 17.5 Å². The van der Waals surface area contributed by atoms with Crippen LogP contribution in [0, 0.1) is 17.0 Å². The van der Waals surface area contributed by atoms with Gasteiger partial charge in [0.2, 0.25) is 0 Å². The maximum atomic E-state index is 14.4. The Morgan fingerprint density at radius 3 is 2.40 bits per heavy atom. The highest BCUT2D eigenvalue weighted by atomic mass is 19.1. The zero-order chi connectivity index (χ0) is 29.8. The molecule has 2 aliphatic rings. The molecule has 2 aliphatic heterocycles. The molecule has 6 rings (SSSR count). The molecular formula is C36H40F2N4. The zero-order valence-corrected chi connectivity index (χ0v) is 25.0. The van der Waals surface area contributed by atoms with Crippen molar-refractivity contribution in [3.05, 3.63) is 108 Å². The Hall–Kier alpha value is -4.06. The number of nitrogens with zero attached hydrogens (tertiary/aromatic N) is 2. The van der Waals surface area contributed by atoms with Crippen molar-refractivity contribution in [2.24, 2.45) is 5.41 Å². The van der Waals surface area contributed by atoms with Crippen LogP contribution in [0.1, 0.15) is 57.2 Å². The first-order valence-corrected chi connectivity index (χ1v) is 14.8. The topological polar surface area (TPSA) is 32.2 Å². The molecular weight excluding hydrogens is 526 g/mol. The minimum Gasteiger partial charge on any atom is -0.388 e. The molecule has 3 heterocycles. The minimum absolute atomic E-state index is 0.182. The molecule has 0 amide bonds. The Morgan fingerprint density at radius 2 is 1.69 bits per heavy atom. The van der Waals surface area contributed by atoms with Crippen LogP contribution in [0.2, 0.25) is 0 Å². The molecule has 2 N–H and O–H groups in total. The molecule has 0 spiro atoms. The number of hydrogen-bond donors (Lipinski definition) is 2. The average Bonchev–Trinajstić information content (AvgIpc) is 3.56. The molecule has 6 heteroatoms. The summed E-state index contributed by atoms with van der Waals surface area (Å²) in [6.45, 7) is 16.6. The molecule has 0 saturated carbocycles. The quantitative estimate of drug-likeness (QED) is 0.234. The summed E-state index contributed by atoms with van der Waals surface area (Å²) in [4.78, 5) is 2.41. The van der Waals surface area contributed by atoms with Gasteiger partial charge in [0.05, 0.1) is 12.1 Å². The molecule has 1 aromatic heterocycles. The van der Waals surface area contributed by atoms with Crippen LogP contribution in [0.3, 0.4) is 0 Å². The summed E-state index contributed by atoms with van der Waals surface area (Å²) in [6.07, 6.45) is 3.76. The molecule has 0 bridgehead atoms. The van der Waals surface area contributed by atoms with Crippen LogP contribution in [0.25, 0.3) is 22.2 Å². The van der Waals surface area contributed by atoms with Gasteiger partial charge in [-0.05, 0) is 90.8 Å². The highest BCUT2D eigenvalue weighted by Gasteiger charge is 2.31. The van der Waals surface area contributed by atoms with Gasteiger partial charge in [-0.1, -0.05) is 40.0 Å². The fourth-order valence-corrected chi connectivity index (χ4v) is 6.85. The summed E-state index contributed by atoms with van der Waals surface area (Å²) in [5.74, 6) is -1.12. The number of aromatic nitrogens is 1. The maximum absolute atomic E-state index is 14.4. The number of halogens is 2. The number of fused-ring (bicyclic) bond motifs is 5. The molecule has 4 nitrogen and oxygen atoms in total. The maximum Gasteiger partial charge on any atom is 0.126 e. The third kappa shape index (κ3) is 5.31. The van der Waals surface area contributed by atoms with E-state index in [4.69, 9.17) is 0 Å². The average molecular weight is 567 g/mol. The second-order valence-corrected chi connectivity index (χ2v) is 13.0. The monoisotopic (exact) mass is 566 g/mol. The van der Waals surface area contributed by atoms with Crippen molar-refractivity contribution in [1.82, 2.24) is 9.47 Å². The number of allylic oxidation sites excluding steroid dienone is 1. The SMILES string of the molecule is C=C(Nc1ccc2c(c1)cc1n2C(c2cc(F)cc(F)c2)Cc2cc(NC)ccc2-1)C1CCCN1C(=C)CC(C)(C)C. The predicted molar refractivity (Wildman–Crippen MR) is 171 cm³/mol. The van der Waals surface area contributed by atoms with Crippen LogP contribution in [0.4, 0.5) is 20.2 Å². The van der Waals surface area contributed by atoms with E-state index in [1.165, 1.54) is 17.8 Å². The van der Waals surface area contributed by atoms with Crippen molar-refractivity contribution >= 4 is 22.3 Å². The number of anilines is 2. The lowest BCUT2D eigenvalue weighted by atomic mass is 9.89. The third-order valence-corrected chi connectivity index (χ3v) is 8.60. The number of likely N-dealkylation sites (tertiary alicyclic amines) is 1. The van der Waals surface area contributed by atoms with Gasteiger partial charge in [-0.25, -0.2) is 8.78 Å². The van der Waals surface area contributed by atoms with Gasteiger partial charge in [-0.2, -0.15) is 0 Å². The predicted octanol–water partition coefficient (Wildman–Crippen LogP) is 9.11. The fraction of sp³-hybridized carbons (Fsp3) is 0.333.